The van der Waals surface area contributed by atoms with Crippen molar-refractivity contribution in [2.75, 3.05) is 26.2 Å². The molecule has 2 fully saturated rings. The van der Waals surface area contributed by atoms with Gasteiger partial charge >= 0.3 is 0 Å². The number of amides is 1. The predicted octanol–water partition coefficient (Wildman–Crippen LogP) is 2.53. The van der Waals surface area contributed by atoms with Crippen molar-refractivity contribution in [3.05, 3.63) is 47.3 Å². The summed E-state index contributed by atoms with van der Waals surface area (Å²) < 4.78 is 4.78. The van der Waals surface area contributed by atoms with Gasteiger partial charge < -0.3 is 4.90 Å². The van der Waals surface area contributed by atoms with E-state index in [2.05, 4.69) is 44.4 Å². The molecule has 1 amide bonds. The first-order chi connectivity index (χ1) is 12.7. The molecule has 6 nitrogen and oxygen atoms in total. The van der Waals surface area contributed by atoms with Gasteiger partial charge in [0.05, 0.1) is 5.41 Å². The molecular formula is C20H26N4O2. The number of hydrogen-bond donors (Lipinski definition) is 0. The van der Waals surface area contributed by atoms with Crippen molar-refractivity contribution in [3.8, 4) is 0 Å². The van der Waals surface area contributed by atoms with Crippen LogP contribution in [0.15, 0.2) is 35.0 Å². The third-order valence-corrected chi connectivity index (χ3v) is 5.97. The van der Waals surface area contributed by atoms with Gasteiger partial charge in [-0.25, -0.2) is 4.63 Å². The van der Waals surface area contributed by atoms with E-state index in [0.717, 1.165) is 69.8 Å². The number of rotatable bonds is 4. The van der Waals surface area contributed by atoms with Gasteiger partial charge in [0.2, 0.25) is 5.91 Å². The van der Waals surface area contributed by atoms with Crippen LogP contribution in [-0.4, -0.2) is 52.2 Å². The monoisotopic (exact) mass is 354 g/mol. The first kappa shape index (κ1) is 17.2. The maximum atomic E-state index is 13.5. The van der Waals surface area contributed by atoms with E-state index in [-0.39, 0.29) is 5.41 Å². The van der Waals surface area contributed by atoms with Crippen LogP contribution < -0.4 is 0 Å². The molecule has 0 unspecified atom stereocenters. The average Bonchev–Trinajstić information content (AvgIpc) is 3.33. The van der Waals surface area contributed by atoms with Crippen molar-refractivity contribution >= 4 is 5.91 Å². The van der Waals surface area contributed by atoms with Gasteiger partial charge in [0.1, 0.15) is 11.4 Å². The van der Waals surface area contributed by atoms with Crippen LogP contribution in [0.3, 0.4) is 0 Å². The van der Waals surface area contributed by atoms with Gasteiger partial charge in [-0.05, 0) is 25.3 Å². The fourth-order valence-corrected chi connectivity index (χ4v) is 4.38. The largest absolute Gasteiger partial charge is 0.339 e. The minimum Gasteiger partial charge on any atom is -0.339 e. The highest BCUT2D eigenvalue weighted by Gasteiger charge is 2.45. The zero-order valence-electron chi connectivity index (χ0n) is 15.4. The number of carbonyl (C=O) groups is 1. The number of aromatic nitrogens is 2. The molecule has 1 aromatic heterocycles. The Morgan fingerprint density at radius 1 is 1.08 bits per heavy atom. The topological polar surface area (TPSA) is 62.5 Å². The van der Waals surface area contributed by atoms with Crippen molar-refractivity contribution < 1.29 is 9.42 Å². The smallest absolute Gasteiger partial charge is 0.233 e. The molecule has 1 aliphatic heterocycles. The summed E-state index contributed by atoms with van der Waals surface area (Å²) in [6.45, 7) is 5.93. The van der Waals surface area contributed by atoms with Gasteiger partial charge in [0.15, 0.2) is 0 Å². The maximum Gasteiger partial charge on any atom is 0.233 e. The van der Waals surface area contributed by atoms with E-state index in [1.54, 1.807) is 0 Å². The average molecular weight is 354 g/mol. The lowest BCUT2D eigenvalue weighted by Crippen LogP contribution is -2.53. The van der Waals surface area contributed by atoms with E-state index >= 15 is 0 Å². The Morgan fingerprint density at radius 2 is 1.77 bits per heavy atom. The zero-order chi connectivity index (χ0) is 18.0. The van der Waals surface area contributed by atoms with Crippen LogP contribution in [-0.2, 0) is 16.8 Å². The lowest BCUT2D eigenvalue weighted by molar-refractivity contribution is -0.139. The first-order valence-corrected chi connectivity index (χ1v) is 9.54. The number of carbonyl (C=O) groups excluding carboxylic acids is 1. The standard InChI is InChI=1S/C20H26N4O2/c1-16-18(22-26-21-16)15-23-11-13-24(14-12-23)19(25)20(9-5-6-10-20)17-7-3-2-4-8-17/h2-4,7-8H,5-6,9-15H2,1H3. The third kappa shape index (κ3) is 3.14. The fraction of sp³-hybridized carbons (Fsp3) is 0.550. The van der Waals surface area contributed by atoms with Gasteiger partial charge in [-0.3, -0.25) is 9.69 Å². The molecule has 26 heavy (non-hydrogen) atoms. The summed E-state index contributed by atoms with van der Waals surface area (Å²) in [5.74, 6) is 0.320. The molecule has 0 bridgehead atoms. The second-order valence-corrected chi connectivity index (χ2v) is 7.52. The molecule has 0 N–H and O–H groups in total. The Labute approximate surface area is 154 Å². The van der Waals surface area contributed by atoms with Crippen molar-refractivity contribution in [1.82, 2.24) is 20.1 Å². The molecule has 2 heterocycles. The first-order valence-electron chi connectivity index (χ1n) is 9.54. The highest BCUT2D eigenvalue weighted by atomic mass is 16.6. The summed E-state index contributed by atoms with van der Waals surface area (Å²) >= 11 is 0. The highest BCUT2D eigenvalue weighted by molar-refractivity contribution is 5.88. The summed E-state index contributed by atoms with van der Waals surface area (Å²) in [7, 11) is 0. The summed E-state index contributed by atoms with van der Waals surface area (Å²) in [6, 6.07) is 10.4. The van der Waals surface area contributed by atoms with Gasteiger partial charge in [-0.2, -0.15) is 0 Å². The summed E-state index contributed by atoms with van der Waals surface area (Å²) in [6.07, 6.45) is 4.22. The van der Waals surface area contributed by atoms with Crippen molar-refractivity contribution in [2.24, 2.45) is 0 Å². The zero-order valence-corrected chi connectivity index (χ0v) is 15.4. The Morgan fingerprint density at radius 3 is 2.38 bits per heavy atom. The molecule has 0 atom stereocenters. The number of aryl methyl sites for hydroxylation is 1. The molecule has 2 aromatic rings. The lowest BCUT2D eigenvalue weighted by Gasteiger charge is -2.40. The van der Waals surface area contributed by atoms with Gasteiger partial charge in [-0.15, -0.1) is 0 Å². The molecule has 1 saturated heterocycles. The lowest BCUT2D eigenvalue weighted by atomic mass is 9.77. The molecule has 1 saturated carbocycles. The normalized spacial score (nSPS) is 20.4. The molecule has 2 aliphatic rings. The van der Waals surface area contributed by atoms with Crippen molar-refractivity contribution in [2.45, 2.75) is 44.6 Å². The number of hydrogen-bond acceptors (Lipinski definition) is 5. The molecule has 138 valence electrons. The summed E-state index contributed by atoms with van der Waals surface area (Å²) in [5, 5.41) is 7.81. The second kappa shape index (κ2) is 7.19. The molecule has 4 rings (SSSR count). The van der Waals surface area contributed by atoms with E-state index in [1.807, 2.05) is 13.0 Å². The van der Waals surface area contributed by atoms with Gasteiger partial charge in [0, 0.05) is 32.7 Å². The van der Waals surface area contributed by atoms with Crippen molar-refractivity contribution in [1.29, 1.82) is 0 Å². The van der Waals surface area contributed by atoms with Crippen LogP contribution in [0, 0.1) is 6.92 Å². The predicted molar refractivity (Wildman–Crippen MR) is 97.5 cm³/mol. The molecule has 1 aliphatic carbocycles. The van der Waals surface area contributed by atoms with E-state index in [4.69, 9.17) is 4.63 Å². The molecule has 0 spiro atoms. The van der Waals surface area contributed by atoms with E-state index in [9.17, 15) is 4.79 Å². The van der Waals surface area contributed by atoms with Crippen molar-refractivity contribution in [3.63, 3.8) is 0 Å². The van der Waals surface area contributed by atoms with E-state index < -0.39 is 0 Å². The van der Waals surface area contributed by atoms with E-state index in [0.29, 0.717) is 5.91 Å². The highest BCUT2D eigenvalue weighted by Crippen LogP contribution is 2.42. The Balaban J connectivity index is 1.43. The Bertz CT molecular complexity index is 744. The molecule has 6 heteroatoms. The van der Waals surface area contributed by atoms with Crippen LogP contribution in [0.2, 0.25) is 0 Å². The maximum absolute atomic E-state index is 13.5. The minimum atomic E-state index is -0.309. The van der Waals surface area contributed by atoms with Crippen LogP contribution >= 0.6 is 0 Å². The summed E-state index contributed by atoms with van der Waals surface area (Å²) in [5.41, 5.74) is 2.61. The molecular weight excluding hydrogens is 328 g/mol. The number of nitrogens with zero attached hydrogens (tertiary/aromatic N) is 4. The molecule has 1 aromatic carbocycles. The van der Waals surface area contributed by atoms with Gasteiger partial charge in [-0.1, -0.05) is 53.5 Å². The summed E-state index contributed by atoms with van der Waals surface area (Å²) in [4.78, 5) is 17.9. The number of benzene rings is 1. The third-order valence-electron chi connectivity index (χ3n) is 5.97. The van der Waals surface area contributed by atoms with E-state index in [1.165, 1.54) is 5.56 Å². The van der Waals surface area contributed by atoms with Crippen LogP contribution in [0.4, 0.5) is 0 Å². The Kier molecular flexibility index (Phi) is 4.76. The van der Waals surface area contributed by atoms with Crippen LogP contribution in [0.25, 0.3) is 0 Å². The van der Waals surface area contributed by atoms with Crippen LogP contribution in [0.1, 0.15) is 42.6 Å². The fourth-order valence-electron chi connectivity index (χ4n) is 4.38. The number of piperazine rings is 1. The van der Waals surface area contributed by atoms with Gasteiger partial charge in [0.25, 0.3) is 0 Å². The van der Waals surface area contributed by atoms with Crippen LogP contribution in [0.5, 0.6) is 0 Å². The molecule has 0 radical (unpaired) electrons. The second-order valence-electron chi connectivity index (χ2n) is 7.52. The Hall–Kier alpha value is -2.21. The quantitative estimate of drug-likeness (QED) is 0.844. The SMILES string of the molecule is Cc1nonc1CN1CCN(C(=O)C2(c3ccccc3)CCCC2)CC1. The minimum absolute atomic E-state index is 0.309.